The smallest absolute Gasteiger partial charge is 0.339 e. The van der Waals surface area contributed by atoms with Gasteiger partial charge in [0, 0.05) is 11.9 Å². The van der Waals surface area contributed by atoms with Crippen LogP contribution in [0, 0.1) is 0 Å². The lowest BCUT2D eigenvalue weighted by atomic mass is 10.1. The molecule has 2 heterocycles. The highest BCUT2D eigenvalue weighted by Crippen LogP contribution is 2.25. The van der Waals surface area contributed by atoms with Crippen molar-refractivity contribution in [2.45, 2.75) is 25.8 Å². The van der Waals surface area contributed by atoms with Gasteiger partial charge in [0.05, 0.1) is 12.2 Å². The number of hydrogen-bond acceptors (Lipinski definition) is 4. The monoisotopic (exact) mass is 269 g/mol. The van der Waals surface area contributed by atoms with Gasteiger partial charge in [-0.25, -0.2) is 9.78 Å². The third-order valence-electron chi connectivity index (χ3n) is 3.44. The normalized spacial score (nSPS) is 13.0. The van der Waals surface area contributed by atoms with Gasteiger partial charge < -0.3 is 10.4 Å². The minimum Gasteiger partial charge on any atom is -0.478 e. The first-order chi connectivity index (χ1) is 9.74. The fourth-order valence-corrected chi connectivity index (χ4v) is 2.45. The molecule has 0 aromatic carbocycles. The molecular formula is C15H15N3O2. The van der Waals surface area contributed by atoms with Crippen molar-refractivity contribution in [2.75, 3.05) is 5.32 Å². The van der Waals surface area contributed by atoms with Gasteiger partial charge in [-0.1, -0.05) is 6.07 Å². The molecule has 0 saturated heterocycles. The zero-order valence-electron chi connectivity index (χ0n) is 11.0. The molecule has 3 rings (SSSR count). The highest BCUT2D eigenvalue weighted by atomic mass is 16.4. The Balaban J connectivity index is 1.86. The number of nitrogens with zero attached hydrogens (tertiary/aromatic N) is 2. The standard InChI is InChI=1S/C15H15N3O2/c19-15(20)12-8-10-4-3-6-13(10)18-14(12)17-9-11-5-1-2-7-16-11/h1-2,5,7-8H,3-4,6,9H2,(H,17,18)(H,19,20). The number of anilines is 1. The average molecular weight is 269 g/mol. The van der Waals surface area contributed by atoms with E-state index in [0.717, 1.165) is 36.2 Å². The fraction of sp³-hybridized carbons (Fsp3) is 0.267. The van der Waals surface area contributed by atoms with Crippen LogP contribution in [0.1, 0.15) is 33.7 Å². The van der Waals surface area contributed by atoms with Crippen molar-refractivity contribution in [3.8, 4) is 0 Å². The molecule has 0 amide bonds. The summed E-state index contributed by atoms with van der Waals surface area (Å²) in [5.74, 6) is -0.514. The number of hydrogen-bond donors (Lipinski definition) is 2. The van der Waals surface area contributed by atoms with E-state index in [1.807, 2.05) is 18.2 Å². The predicted molar refractivity (Wildman–Crippen MR) is 74.8 cm³/mol. The molecule has 2 N–H and O–H groups in total. The zero-order valence-corrected chi connectivity index (χ0v) is 11.0. The topological polar surface area (TPSA) is 75.1 Å². The zero-order chi connectivity index (χ0) is 13.9. The molecular weight excluding hydrogens is 254 g/mol. The van der Waals surface area contributed by atoms with E-state index in [1.165, 1.54) is 0 Å². The van der Waals surface area contributed by atoms with Crippen LogP contribution in [0.15, 0.2) is 30.5 Å². The summed E-state index contributed by atoms with van der Waals surface area (Å²) in [6.45, 7) is 0.465. The SMILES string of the molecule is O=C(O)c1cc2c(nc1NCc1ccccn1)CCC2. The molecule has 2 aromatic rings. The summed E-state index contributed by atoms with van der Waals surface area (Å²) in [4.78, 5) is 20.0. The van der Waals surface area contributed by atoms with E-state index in [2.05, 4.69) is 15.3 Å². The van der Waals surface area contributed by atoms with Gasteiger partial charge in [-0.15, -0.1) is 0 Å². The van der Waals surface area contributed by atoms with Crippen LogP contribution in [0.5, 0.6) is 0 Å². The predicted octanol–water partition coefficient (Wildman–Crippen LogP) is 2.28. The fourth-order valence-electron chi connectivity index (χ4n) is 2.45. The number of carboxylic acids is 1. The minimum absolute atomic E-state index is 0.238. The molecule has 2 aromatic heterocycles. The molecule has 0 bridgehead atoms. The molecule has 0 radical (unpaired) electrons. The molecule has 0 saturated carbocycles. The van der Waals surface area contributed by atoms with Crippen LogP contribution >= 0.6 is 0 Å². The lowest BCUT2D eigenvalue weighted by Crippen LogP contribution is -2.11. The third-order valence-corrected chi connectivity index (χ3v) is 3.44. The van der Waals surface area contributed by atoms with Gasteiger partial charge in [0.2, 0.25) is 0 Å². The van der Waals surface area contributed by atoms with E-state index in [9.17, 15) is 9.90 Å². The Labute approximate surface area is 116 Å². The number of carboxylic acid groups (broad SMARTS) is 1. The molecule has 0 atom stereocenters. The van der Waals surface area contributed by atoms with Crippen LogP contribution in [0.25, 0.3) is 0 Å². The number of rotatable bonds is 4. The number of nitrogens with one attached hydrogen (secondary N) is 1. The Hall–Kier alpha value is -2.43. The number of aromatic nitrogens is 2. The van der Waals surface area contributed by atoms with Gasteiger partial charge in [-0.05, 0) is 43.0 Å². The second-order valence-corrected chi connectivity index (χ2v) is 4.82. The number of pyridine rings is 2. The van der Waals surface area contributed by atoms with Gasteiger partial charge in [0.15, 0.2) is 0 Å². The van der Waals surface area contributed by atoms with E-state index in [-0.39, 0.29) is 5.56 Å². The molecule has 1 aliphatic carbocycles. The van der Waals surface area contributed by atoms with Gasteiger partial charge in [-0.2, -0.15) is 0 Å². The molecule has 1 aliphatic rings. The molecule has 20 heavy (non-hydrogen) atoms. The second kappa shape index (κ2) is 5.28. The van der Waals surface area contributed by atoms with Gasteiger partial charge in [-0.3, -0.25) is 4.98 Å². The number of aryl methyl sites for hydroxylation is 2. The van der Waals surface area contributed by atoms with Crippen molar-refractivity contribution >= 4 is 11.8 Å². The Bertz CT molecular complexity index is 641. The van der Waals surface area contributed by atoms with E-state index in [1.54, 1.807) is 12.3 Å². The van der Waals surface area contributed by atoms with Crippen LogP contribution < -0.4 is 5.32 Å². The van der Waals surface area contributed by atoms with E-state index < -0.39 is 5.97 Å². The van der Waals surface area contributed by atoms with Crippen molar-refractivity contribution in [3.63, 3.8) is 0 Å². The van der Waals surface area contributed by atoms with Gasteiger partial charge in [0.25, 0.3) is 0 Å². The van der Waals surface area contributed by atoms with Crippen LogP contribution in [0.4, 0.5) is 5.82 Å². The van der Waals surface area contributed by atoms with Gasteiger partial charge in [0.1, 0.15) is 11.4 Å². The molecule has 0 aliphatic heterocycles. The van der Waals surface area contributed by atoms with Crippen molar-refractivity contribution in [1.82, 2.24) is 9.97 Å². The maximum absolute atomic E-state index is 11.3. The van der Waals surface area contributed by atoms with Crippen LogP contribution in [-0.4, -0.2) is 21.0 Å². The van der Waals surface area contributed by atoms with Gasteiger partial charge >= 0.3 is 5.97 Å². The quantitative estimate of drug-likeness (QED) is 0.890. The summed E-state index contributed by atoms with van der Waals surface area (Å²) in [5, 5.41) is 12.4. The average Bonchev–Trinajstić information content (AvgIpc) is 2.92. The molecule has 5 heteroatoms. The molecule has 102 valence electrons. The van der Waals surface area contributed by atoms with Crippen molar-refractivity contribution in [1.29, 1.82) is 0 Å². The highest BCUT2D eigenvalue weighted by molar-refractivity contribution is 5.93. The van der Waals surface area contributed by atoms with Crippen LogP contribution in [-0.2, 0) is 19.4 Å². The number of carbonyl (C=O) groups is 1. The Morgan fingerprint density at radius 3 is 3.00 bits per heavy atom. The Morgan fingerprint density at radius 2 is 2.25 bits per heavy atom. The van der Waals surface area contributed by atoms with E-state index in [4.69, 9.17) is 0 Å². The minimum atomic E-state index is -0.948. The summed E-state index contributed by atoms with van der Waals surface area (Å²) >= 11 is 0. The lowest BCUT2D eigenvalue weighted by Gasteiger charge is -2.10. The molecule has 0 spiro atoms. The van der Waals surface area contributed by atoms with E-state index >= 15 is 0 Å². The van der Waals surface area contributed by atoms with Crippen LogP contribution in [0.3, 0.4) is 0 Å². The summed E-state index contributed by atoms with van der Waals surface area (Å²) < 4.78 is 0. The highest BCUT2D eigenvalue weighted by Gasteiger charge is 2.19. The van der Waals surface area contributed by atoms with Crippen LogP contribution in [0.2, 0.25) is 0 Å². The lowest BCUT2D eigenvalue weighted by molar-refractivity contribution is 0.0697. The second-order valence-electron chi connectivity index (χ2n) is 4.82. The van der Waals surface area contributed by atoms with Crippen molar-refractivity contribution in [3.05, 3.63) is 53.0 Å². The van der Waals surface area contributed by atoms with E-state index in [0.29, 0.717) is 12.4 Å². The first kappa shape index (κ1) is 12.6. The largest absolute Gasteiger partial charge is 0.478 e. The Kier molecular flexibility index (Phi) is 3.33. The summed E-state index contributed by atoms with van der Waals surface area (Å²) in [5.41, 5.74) is 3.16. The number of fused-ring (bicyclic) bond motifs is 1. The summed E-state index contributed by atoms with van der Waals surface area (Å²) in [7, 11) is 0. The molecule has 5 nitrogen and oxygen atoms in total. The molecule has 0 unspecified atom stereocenters. The first-order valence-corrected chi connectivity index (χ1v) is 6.64. The number of aromatic carboxylic acids is 1. The summed E-state index contributed by atoms with van der Waals surface area (Å²) in [6, 6.07) is 7.39. The summed E-state index contributed by atoms with van der Waals surface area (Å²) in [6.07, 6.45) is 4.60. The Morgan fingerprint density at radius 1 is 1.35 bits per heavy atom. The van der Waals surface area contributed by atoms with Crippen molar-refractivity contribution < 1.29 is 9.90 Å². The van der Waals surface area contributed by atoms with Crippen molar-refractivity contribution in [2.24, 2.45) is 0 Å². The molecule has 0 fully saturated rings. The maximum atomic E-state index is 11.3. The maximum Gasteiger partial charge on any atom is 0.339 e. The first-order valence-electron chi connectivity index (χ1n) is 6.64. The third kappa shape index (κ3) is 2.47.